The Morgan fingerprint density at radius 2 is 1.31 bits per heavy atom. The van der Waals surface area contributed by atoms with Gasteiger partial charge in [0.25, 0.3) is 0 Å². The fraction of sp³-hybridized carbons (Fsp3) is 0.833. The molecule has 0 aliphatic heterocycles. The summed E-state index contributed by atoms with van der Waals surface area (Å²) in [5.41, 5.74) is 2.74. The lowest BCUT2D eigenvalue weighted by Gasteiger charge is -2.46. The molecule has 0 aromatic carbocycles. The van der Waals surface area contributed by atoms with Crippen LogP contribution < -0.4 is 5.32 Å². The second-order valence-electron chi connectivity index (χ2n) is 12.1. The largest absolute Gasteiger partial charge is 0.305 e. The molecule has 3 aliphatic rings. The van der Waals surface area contributed by atoms with E-state index in [-0.39, 0.29) is 0 Å². The van der Waals surface area contributed by atoms with Crippen molar-refractivity contribution >= 4 is 0 Å². The standard InChI is InChI=1S/C30H50N2/c1-21(2)25-17-11-18-26(22(3)4)30(25)32-29(24-15-9-6-10-16-24)28-20-12-19-27(31-28)23-13-7-5-8-14-23/h12,19-26,29-30,32H,5-11,13-18H2,1-4H3. The molecule has 180 valence electrons. The van der Waals surface area contributed by atoms with Crippen molar-refractivity contribution in [2.45, 2.75) is 129 Å². The summed E-state index contributed by atoms with van der Waals surface area (Å²) in [4.78, 5) is 5.41. The van der Waals surface area contributed by atoms with Crippen LogP contribution in [0.2, 0.25) is 0 Å². The van der Waals surface area contributed by atoms with Crippen molar-refractivity contribution in [1.82, 2.24) is 10.3 Å². The number of aromatic nitrogens is 1. The molecule has 0 radical (unpaired) electrons. The van der Waals surface area contributed by atoms with E-state index in [1.165, 1.54) is 94.9 Å². The van der Waals surface area contributed by atoms with Gasteiger partial charge < -0.3 is 5.32 Å². The summed E-state index contributed by atoms with van der Waals surface area (Å²) in [5, 5.41) is 4.37. The first-order valence-corrected chi connectivity index (χ1v) is 14.3. The molecule has 0 spiro atoms. The first-order valence-electron chi connectivity index (χ1n) is 14.3. The second-order valence-corrected chi connectivity index (χ2v) is 12.1. The van der Waals surface area contributed by atoms with Crippen LogP contribution >= 0.6 is 0 Å². The number of nitrogens with one attached hydrogen (secondary N) is 1. The lowest BCUT2D eigenvalue weighted by molar-refractivity contribution is 0.0889. The van der Waals surface area contributed by atoms with Crippen molar-refractivity contribution in [1.29, 1.82) is 0 Å². The summed E-state index contributed by atoms with van der Waals surface area (Å²) in [7, 11) is 0. The normalized spacial score (nSPS) is 29.5. The zero-order chi connectivity index (χ0) is 22.5. The van der Waals surface area contributed by atoms with E-state index in [4.69, 9.17) is 4.98 Å². The molecule has 1 heterocycles. The molecule has 3 fully saturated rings. The van der Waals surface area contributed by atoms with Gasteiger partial charge in [-0.15, -0.1) is 0 Å². The Kier molecular flexibility index (Phi) is 8.71. The van der Waals surface area contributed by atoms with E-state index in [0.29, 0.717) is 18.0 Å². The van der Waals surface area contributed by atoms with Gasteiger partial charge in [-0.3, -0.25) is 4.98 Å². The first kappa shape index (κ1) is 24.2. The molecule has 3 saturated carbocycles. The Bertz CT molecular complexity index is 668. The molecule has 2 heteroatoms. The Morgan fingerprint density at radius 1 is 0.719 bits per heavy atom. The zero-order valence-corrected chi connectivity index (χ0v) is 21.5. The second kappa shape index (κ2) is 11.5. The minimum absolute atomic E-state index is 0.435. The fourth-order valence-corrected chi connectivity index (χ4v) is 7.41. The monoisotopic (exact) mass is 438 g/mol. The lowest BCUT2D eigenvalue weighted by atomic mass is 9.68. The molecule has 32 heavy (non-hydrogen) atoms. The predicted molar refractivity (Wildman–Crippen MR) is 137 cm³/mol. The van der Waals surface area contributed by atoms with E-state index in [1.54, 1.807) is 0 Å². The minimum Gasteiger partial charge on any atom is -0.305 e. The van der Waals surface area contributed by atoms with Crippen LogP contribution in [0.5, 0.6) is 0 Å². The van der Waals surface area contributed by atoms with E-state index in [2.05, 4.69) is 51.2 Å². The van der Waals surface area contributed by atoms with Gasteiger partial charge in [0.1, 0.15) is 0 Å². The Balaban J connectivity index is 1.63. The maximum Gasteiger partial charge on any atom is 0.0579 e. The van der Waals surface area contributed by atoms with Crippen LogP contribution in [0.25, 0.3) is 0 Å². The van der Waals surface area contributed by atoms with Gasteiger partial charge in [0.2, 0.25) is 0 Å². The van der Waals surface area contributed by atoms with Crippen LogP contribution in [0.1, 0.15) is 135 Å². The summed E-state index contributed by atoms with van der Waals surface area (Å²) in [6.45, 7) is 9.83. The van der Waals surface area contributed by atoms with Crippen molar-refractivity contribution in [3.8, 4) is 0 Å². The van der Waals surface area contributed by atoms with Gasteiger partial charge in [-0.25, -0.2) is 0 Å². The summed E-state index contributed by atoms with van der Waals surface area (Å²) in [6, 6.07) is 8.08. The van der Waals surface area contributed by atoms with E-state index < -0.39 is 0 Å². The average Bonchev–Trinajstić information content (AvgIpc) is 2.83. The molecule has 1 aromatic rings. The Labute approximate surface area is 198 Å². The third-order valence-corrected chi connectivity index (χ3v) is 9.34. The van der Waals surface area contributed by atoms with Crippen LogP contribution in [0, 0.1) is 29.6 Å². The minimum atomic E-state index is 0.435. The molecule has 2 nitrogen and oxygen atoms in total. The lowest BCUT2D eigenvalue weighted by Crippen LogP contribution is -2.51. The summed E-state index contributed by atoms with van der Waals surface area (Å²) < 4.78 is 0. The van der Waals surface area contributed by atoms with Crippen LogP contribution in [0.4, 0.5) is 0 Å². The van der Waals surface area contributed by atoms with E-state index in [9.17, 15) is 0 Å². The topological polar surface area (TPSA) is 24.9 Å². The van der Waals surface area contributed by atoms with Crippen LogP contribution in [0.3, 0.4) is 0 Å². The van der Waals surface area contributed by atoms with Crippen LogP contribution in [0.15, 0.2) is 18.2 Å². The van der Waals surface area contributed by atoms with Gasteiger partial charge in [0.15, 0.2) is 0 Å². The van der Waals surface area contributed by atoms with Gasteiger partial charge in [0.05, 0.1) is 11.7 Å². The molecule has 0 bridgehead atoms. The van der Waals surface area contributed by atoms with E-state index in [0.717, 1.165) is 29.6 Å². The number of nitrogens with zero attached hydrogens (tertiary/aromatic N) is 1. The van der Waals surface area contributed by atoms with Crippen molar-refractivity contribution < 1.29 is 0 Å². The van der Waals surface area contributed by atoms with Gasteiger partial charge in [-0.1, -0.05) is 78.7 Å². The molecular weight excluding hydrogens is 388 g/mol. The summed E-state index contributed by atoms with van der Waals surface area (Å²) in [5.74, 6) is 4.54. The molecule has 1 aromatic heterocycles. The number of pyridine rings is 1. The Morgan fingerprint density at radius 3 is 1.91 bits per heavy atom. The predicted octanol–water partition coefficient (Wildman–Crippen LogP) is 8.44. The molecule has 3 aliphatic carbocycles. The number of hydrogen-bond donors (Lipinski definition) is 1. The summed E-state index contributed by atoms with van der Waals surface area (Å²) >= 11 is 0. The van der Waals surface area contributed by atoms with E-state index >= 15 is 0 Å². The van der Waals surface area contributed by atoms with Gasteiger partial charge in [-0.2, -0.15) is 0 Å². The fourth-order valence-electron chi connectivity index (χ4n) is 7.41. The van der Waals surface area contributed by atoms with Crippen LogP contribution in [-0.4, -0.2) is 11.0 Å². The molecule has 3 unspecified atom stereocenters. The van der Waals surface area contributed by atoms with Crippen molar-refractivity contribution in [2.24, 2.45) is 29.6 Å². The number of hydrogen-bond acceptors (Lipinski definition) is 2. The van der Waals surface area contributed by atoms with E-state index in [1.807, 2.05) is 0 Å². The average molecular weight is 439 g/mol. The van der Waals surface area contributed by atoms with Crippen molar-refractivity contribution in [3.63, 3.8) is 0 Å². The maximum atomic E-state index is 5.41. The molecule has 0 saturated heterocycles. The van der Waals surface area contributed by atoms with Crippen molar-refractivity contribution in [2.75, 3.05) is 0 Å². The van der Waals surface area contributed by atoms with Crippen molar-refractivity contribution in [3.05, 3.63) is 29.6 Å². The molecule has 1 N–H and O–H groups in total. The van der Waals surface area contributed by atoms with Gasteiger partial charge in [-0.05, 0) is 80.2 Å². The highest BCUT2D eigenvalue weighted by atomic mass is 15.0. The van der Waals surface area contributed by atoms with Gasteiger partial charge in [0, 0.05) is 17.7 Å². The highest BCUT2D eigenvalue weighted by Gasteiger charge is 2.39. The quantitative estimate of drug-likeness (QED) is 0.462. The smallest absolute Gasteiger partial charge is 0.0579 e. The molecule has 3 atom stereocenters. The zero-order valence-electron chi connectivity index (χ0n) is 21.5. The van der Waals surface area contributed by atoms with Gasteiger partial charge >= 0.3 is 0 Å². The highest BCUT2D eigenvalue weighted by molar-refractivity contribution is 5.19. The first-order chi connectivity index (χ1) is 15.5. The highest BCUT2D eigenvalue weighted by Crippen LogP contribution is 2.42. The maximum absolute atomic E-state index is 5.41. The SMILES string of the molecule is CC(C)C1CCCC(C(C)C)C1NC(c1cccc(C2CCCCC2)n1)C1CCCCC1. The molecule has 0 amide bonds. The summed E-state index contributed by atoms with van der Waals surface area (Å²) in [6.07, 6.45) is 18.0. The third kappa shape index (κ3) is 5.78. The number of rotatable bonds is 7. The van der Waals surface area contributed by atoms with Crippen LogP contribution in [-0.2, 0) is 0 Å². The molecule has 4 rings (SSSR count). The molecular formula is C30H50N2. The third-order valence-electron chi connectivity index (χ3n) is 9.34. The Hall–Kier alpha value is -0.890.